The van der Waals surface area contributed by atoms with Gasteiger partial charge in [-0.25, -0.2) is 18.9 Å². The largest absolute Gasteiger partial charge is 0.434 e. The van der Waals surface area contributed by atoms with Crippen LogP contribution in [0, 0.1) is 0 Å². The maximum absolute atomic E-state index is 12.7. The minimum absolute atomic E-state index is 0.103. The van der Waals surface area contributed by atoms with Gasteiger partial charge in [0.25, 0.3) is 5.88 Å². The van der Waals surface area contributed by atoms with E-state index in [0.717, 1.165) is 10.4 Å². The first-order valence-electron chi connectivity index (χ1n) is 9.36. The SMILES string of the molecule is CN(C)c1ccc(NC(=O)Cn2nc3c(Oc4ccccc4Cl)nccn3c2=O)cc1. The topological polar surface area (TPSA) is 93.8 Å². The highest BCUT2D eigenvalue weighted by atomic mass is 35.5. The highest BCUT2D eigenvalue weighted by Gasteiger charge is 2.16. The Morgan fingerprint density at radius 1 is 1.16 bits per heavy atom. The molecule has 4 aromatic rings. The summed E-state index contributed by atoms with van der Waals surface area (Å²) < 4.78 is 8.06. The normalized spacial score (nSPS) is 10.8. The summed E-state index contributed by atoms with van der Waals surface area (Å²) >= 11 is 6.13. The molecule has 2 aromatic heterocycles. The molecular weight excluding hydrogens is 420 g/mol. The molecule has 0 aliphatic rings. The Morgan fingerprint density at radius 2 is 1.90 bits per heavy atom. The van der Waals surface area contributed by atoms with E-state index in [0.29, 0.717) is 16.5 Å². The molecule has 0 radical (unpaired) electrons. The molecule has 2 aromatic carbocycles. The number of anilines is 2. The van der Waals surface area contributed by atoms with Crippen molar-refractivity contribution >= 4 is 34.5 Å². The number of nitrogens with one attached hydrogen (secondary N) is 1. The molecule has 158 valence electrons. The Hall–Kier alpha value is -3.85. The molecule has 0 aliphatic heterocycles. The van der Waals surface area contributed by atoms with E-state index < -0.39 is 5.69 Å². The molecule has 10 heteroatoms. The first-order chi connectivity index (χ1) is 14.9. The van der Waals surface area contributed by atoms with Crippen LogP contribution in [0.15, 0.2) is 65.7 Å². The van der Waals surface area contributed by atoms with Crippen molar-refractivity contribution < 1.29 is 9.53 Å². The smallest absolute Gasteiger partial charge is 0.351 e. The van der Waals surface area contributed by atoms with Crippen LogP contribution in [0.3, 0.4) is 0 Å². The summed E-state index contributed by atoms with van der Waals surface area (Å²) in [6.45, 7) is -0.262. The standard InChI is InChI=1S/C21H19ClN6O3/c1-26(2)15-9-7-14(8-10-15)24-18(29)13-28-21(30)27-12-11-23-20(19(27)25-28)31-17-6-4-3-5-16(17)22/h3-12H,13H2,1-2H3,(H,24,29). The number of benzene rings is 2. The highest BCUT2D eigenvalue weighted by molar-refractivity contribution is 6.32. The molecule has 0 aliphatic carbocycles. The van der Waals surface area contributed by atoms with E-state index in [2.05, 4.69) is 15.4 Å². The van der Waals surface area contributed by atoms with Crippen molar-refractivity contribution in [2.45, 2.75) is 6.54 Å². The minimum Gasteiger partial charge on any atom is -0.434 e. The van der Waals surface area contributed by atoms with E-state index in [1.165, 1.54) is 16.8 Å². The number of para-hydroxylation sites is 1. The predicted molar refractivity (Wildman–Crippen MR) is 118 cm³/mol. The molecule has 9 nitrogen and oxygen atoms in total. The number of hydrogen-bond donors (Lipinski definition) is 1. The zero-order valence-corrected chi connectivity index (χ0v) is 17.6. The van der Waals surface area contributed by atoms with Crippen molar-refractivity contribution in [1.82, 2.24) is 19.2 Å². The minimum atomic E-state index is -0.487. The number of ether oxygens (including phenoxy) is 1. The Labute approximate surface area is 182 Å². The number of rotatable bonds is 6. The van der Waals surface area contributed by atoms with Crippen LogP contribution in [0.4, 0.5) is 11.4 Å². The maximum Gasteiger partial charge on any atom is 0.351 e. The second kappa shape index (κ2) is 8.49. The zero-order chi connectivity index (χ0) is 22.0. The lowest BCUT2D eigenvalue weighted by Crippen LogP contribution is -2.28. The Kier molecular flexibility index (Phi) is 5.59. The number of halogens is 1. The van der Waals surface area contributed by atoms with Crippen molar-refractivity contribution in [3.63, 3.8) is 0 Å². The molecule has 1 N–H and O–H groups in total. The molecule has 0 unspecified atom stereocenters. The predicted octanol–water partition coefficient (Wildman–Crippen LogP) is 3.04. The van der Waals surface area contributed by atoms with Crippen LogP contribution in [0.5, 0.6) is 11.6 Å². The fraction of sp³-hybridized carbons (Fsp3) is 0.143. The van der Waals surface area contributed by atoms with Crippen molar-refractivity contribution in [2.24, 2.45) is 0 Å². The first kappa shape index (κ1) is 20.4. The maximum atomic E-state index is 12.7. The van der Waals surface area contributed by atoms with Gasteiger partial charge in [0.15, 0.2) is 0 Å². The van der Waals surface area contributed by atoms with Gasteiger partial charge < -0.3 is 15.0 Å². The van der Waals surface area contributed by atoms with Crippen molar-refractivity contribution in [3.05, 3.63) is 76.4 Å². The number of carbonyl (C=O) groups is 1. The average molecular weight is 439 g/mol. The number of amides is 1. The number of aromatic nitrogens is 4. The van der Waals surface area contributed by atoms with Crippen LogP contribution >= 0.6 is 11.6 Å². The van der Waals surface area contributed by atoms with Gasteiger partial charge in [0.1, 0.15) is 12.3 Å². The summed E-state index contributed by atoms with van der Waals surface area (Å²) in [5, 5.41) is 7.38. The van der Waals surface area contributed by atoms with Gasteiger partial charge in [-0.1, -0.05) is 23.7 Å². The molecule has 31 heavy (non-hydrogen) atoms. The van der Waals surface area contributed by atoms with Crippen molar-refractivity contribution in [2.75, 3.05) is 24.3 Å². The van der Waals surface area contributed by atoms with Gasteiger partial charge in [-0.15, -0.1) is 5.10 Å². The third-order valence-electron chi connectivity index (χ3n) is 4.47. The lowest BCUT2D eigenvalue weighted by atomic mass is 10.2. The summed E-state index contributed by atoms with van der Waals surface area (Å²) in [7, 11) is 3.87. The van der Waals surface area contributed by atoms with Crippen LogP contribution in [-0.2, 0) is 11.3 Å². The number of carbonyl (C=O) groups excluding carboxylic acids is 1. The lowest BCUT2D eigenvalue weighted by Gasteiger charge is -2.13. The van der Waals surface area contributed by atoms with Crippen molar-refractivity contribution in [1.29, 1.82) is 0 Å². The van der Waals surface area contributed by atoms with Crippen LogP contribution in [0.25, 0.3) is 5.65 Å². The van der Waals surface area contributed by atoms with E-state index in [4.69, 9.17) is 16.3 Å². The number of hydrogen-bond acceptors (Lipinski definition) is 6. The van der Waals surface area contributed by atoms with Crippen LogP contribution in [0.1, 0.15) is 0 Å². The number of nitrogens with zero attached hydrogens (tertiary/aromatic N) is 5. The van der Waals surface area contributed by atoms with Gasteiger partial charge in [0, 0.05) is 37.9 Å². The highest BCUT2D eigenvalue weighted by Crippen LogP contribution is 2.29. The van der Waals surface area contributed by atoms with Gasteiger partial charge in [-0.3, -0.25) is 4.79 Å². The van der Waals surface area contributed by atoms with Crippen molar-refractivity contribution in [3.8, 4) is 11.6 Å². The zero-order valence-electron chi connectivity index (χ0n) is 16.8. The third kappa shape index (κ3) is 4.36. The lowest BCUT2D eigenvalue weighted by molar-refractivity contribution is -0.117. The Bertz CT molecular complexity index is 1300. The summed E-state index contributed by atoms with van der Waals surface area (Å²) in [5.41, 5.74) is 1.32. The molecule has 0 saturated carbocycles. The van der Waals surface area contributed by atoms with Crippen LogP contribution in [-0.4, -0.2) is 39.2 Å². The fourth-order valence-corrected chi connectivity index (χ4v) is 3.09. The van der Waals surface area contributed by atoms with Gasteiger partial charge >= 0.3 is 5.69 Å². The monoisotopic (exact) mass is 438 g/mol. The molecule has 0 saturated heterocycles. The molecular formula is C21H19ClN6O3. The Balaban J connectivity index is 1.55. The number of fused-ring (bicyclic) bond motifs is 1. The van der Waals surface area contributed by atoms with Crippen LogP contribution < -0.4 is 20.6 Å². The van der Waals surface area contributed by atoms with E-state index in [1.807, 2.05) is 31.1 Å². The molecule has 0 atom stereocenters. The van der Waals surface area contributed by atoms with E-state index in [-0.39, 0.29) is 24.0 Å². The van der Waals surface area contributed by atoms with Crippen LogP contribution in [0.2, 0.25) is 5.02 Å². The van der Waals surface area contributed by atoms with Gasteiger partial charge in [0.2, 0.25) is 11.6 Å². The van der Waals surface area contributed by atoms with Gasteiger partial charge in [-0.2, -0.15) is 0 Å². The molecule has 0 bridgehead atoms. The second-order valence-corrected chi connectivity index (χ2v) is 7.30. The van der Waals surface area contributed by atoms with Gasteiger partial charge in [-0.05, 0) is 36.4 Å². The fourth-order valence-electron chi connectivity index (χ4n) is 2.91. The first-order valence-corrected chi connectivity index (χ1v) is 9.74. The molecule has 4 rings (SSSR count). The van der Waals surface area contributed by atoms with E-state index in [9.17, 15) is 9.59 Å². The van der Waals surface area contributed by atoms with Gasteiger partial charge in [0.05, 0.1) is 5.02 Å². The summed E-state index contributed by atoms with van der Waals surface area (Å²) in [6, 6.07) is 14.2. The molecule has 2 heterocycles. The molecule has 0 spiro atoms. The Morgan fingerprint density at radius 3 is 2.61 bits per heavy atom. The van der Waals surface area contributed by atoms with E-state index >= 15 is 0 Å². The molecule has 0 fully saturated rings. The molecule has 1 amide bonds. The average Bonchev–Trinajstić information content (AvgIpc) is 3.06. The summed E-state index contributed by atoms with van der Waals surface area (Å²) in [5.74, 6) is 0.0986. The second-order valence-electron chi connectivity index (χ2n) is 6.89. The third-order valence-corrected chi connectivity index (χ3v) is 4.79. The van der Waals surface area contributed by atoms with E-state index in [1.54, 1.807) is 36.4 Å². The summed E-state index contributed by atoms with van der Waals surface area (Å²) in [4.78, 5) is 31.2. The summed E-state index contributed by atoms with van der Waals surface area (Å²) in [6.07, 6.45) is 2.87. The quantitative estimate of drug-likeness (QED) is 0.497.